The van der Waals surface area contributed by atoms with E-state index >= 15 is 0 Å². The van der Waals surface area contributed by atoms with E-state index in [0.29, 0.717) is 30.9 Å². The number of fused-ring (bicyclic) bond motifs is 1. The van der Waals surface area contributed by atoms with Gasteiger partial charge in [0.2, 0.25) is 5.91 Å². The number of hydrogen-bond acceptors (Lipinski definition) is 2. The van der Waals surface area contributed by atoms with E-state index in [1.807, 2.05) is 79.1 Å². The molecule has 4 aromatic rings. The quantitative estimate of drug-likeness (QED) is 0.354. The van der Waals surface area contributed by atoms with Crippen LogP contribution in [0, 0.1) is 11.7 Å². The first-order valence-electron chi connectivity index (χ1n) is 11.4. The van der Waals surface area contributed by atoms with Gasteiger partial charge < -0.3 is 15.2 Å². The second kappa shape index (κ2) is 10.3. The molecule has 1 heterocycles. The van der Waals surface area contributed by atoms with Crippen molar-refractivity contribution >= 4 is 28.4 Å². The van der Waals surface area contributed by atoms with Crippen LogP contribution in [0.1, 0.15) is 41.9 Å². The fourth-order valence-corrected chi connectivity index (χ4v) is 3.98. The molecule has 0 radical (unpaired) electrons. The van der Waals surface area contributed by atoms with Crippen LogP contribution in [-0.4, -0.2) is 16.4 Å². The topological polar surface area (TPSA) is 63.1 Å². The maximum Gasteiger partial charge on any atom is 0.268 e. The van der Waals surface area contributed by atoms with Crippen molar-refractivity contribution < 1.29 is 14.0 Å². The van der Waals surface area contributed by atoms with Crippen molar-refractivity contribution in [2.24, 2.45) is 5.92 Å². The first-order valence-corrected chi connectivity index (χ1v) is 11.4. The van der Waals surface area contributed by atoms with Crippen molar-refractivity contribution in [3.8, 4) is 0 Å². The molecular formula is C28H28FN3O2. The van der Waals surface area contributed by atoms with Crippen LogP contribution in [0.2, 0.25) is 0 Å². The van der Waals surface area contributed by atoms with Gasteiger partial charge in [-0.15, -0.1) is 0 Å². The van der Waals surface area contributed by atoms with Crippen LogP contribution < -0.4 is 10.6 Å². The molecule has 6 heteroatoms. The second-order valence-electron chi connectivity index (χ2n) is 8.83. The molecule has 2 amide bonds. The first kappa shape index (κ1) is 23.2. The van der Waals surface area contributed by atoms with Crippen molar-refractivity contribution in [1.82, 2.24) is 9.88 Å². The minimum absolute atomic E-state index is 0.0469. The Bertz CT molecular complexity index is 1310. The van der Waals surface area contributed by atoms with E-state index in [1.165, 1.54) is 12.1 Å². The van der Waals surface area contributed by atoms with Gasteiger partial charge in [-0.3, -0.25) is 9.59 Å². The fraction of sp³-hybridized carbons (Fsp3) is 0.214. The van der Waals surface area contributed by atoms with Crippen LogP contribution in [0.25, 0.3) is 10.9 Å². The van der Waals surface area contributed by atoms with Crippen LogP contribution in [0.3, 0.4) is 0 Å². The van der Waals surface area contributed by atoms with Crippen molar-refractivity contribution in [3.05, 3.63) is 102 Å². The zero-order valence-electron chi connectivity index (χ0n) is 19.3. The van der Waals surface area contributed by atoms with Gasteiger partial charge in [0.1, 0.15) is 11.5 Å². The largest absolute Gasteiger partial charge is 0.347 e. The van der Waals surface area contributed by atoms with Crippen LogP contribution in [0.4, 0.5) is 10.1 Å². The summed E-state index contributed by atoms with van der Waals surface area (Å²) in [7, 11) is 0. The summed E-state index contributed by atoms with van der Waals surface area (Å²) >= 11 is 0. The summed E-state index contributed by atoms with van der Waals surface area (Å²) in [6.07, 6.45) is 0.436. The summed E-state index contributed by atoms with van der Waals surface area (Å²) in [5.41, 5.74) is 3.73. The number of anilines is 1. The van der Waals surface area contributed by atoms with E-state index in [9.17, 15) is 14.0 Å². The molecule has 5 nitrogen and oxygen atoms in total. The normalized spacial score (nSPS) is 11.1. The lowest BCUT2D eigenvalue weighted by Crippen LogP contribution is -2.25. The number of hydrogen-bond donors (Lipinski definition) is 2. The Kier molecular flexibility index (Phi) is 7.07. The highest BCUT2D eigenvalue weighted by molar-refractivity contribution is 6.00. The van der Waals surface area contributed by atoms with Gasteiger partial charge in [-0.05, 0) is 53.4 Å². The predicted molar refractivity (Wildman–Crippen MR) is 133 cm³/mol. The van der Waals surface area contributed by atoms with Gasteiger partial charge in [-0.1, -0.05) is 56.3 Å². The average molecular weight is 458 g/mol. The summed E-state index contributed by atoms with van der Waals surface area (Å²) in [5.74, 6) is -0.327. The summed E-state index contributed by atoms with van der Waals surface area (Å²) in [6, 6.07) is 23.4. The molecule has 2 N–H and O–H groups in total. The molecule has 0 aliphatic carbocycles. The van der Waals surface area contributed by atoms with Gasteiger partial charge in [0.25, 0.3) is 5.91 Å². The van der Waals surface area contributed by atoms with Crippen LogP contribution in [0.5, 0.6) is 0 Å². The highest BCUT2D eigenvalue weighted by atomic mass is 19.1. The van der Waals surface area contributed by atoms with Gasteiger partial charge in [0, 0.05) is 36.1 Å². The van der Waals surface area contributed by atoms with Gasteiger partial charge in [-0.2, -0.15) is 0 Å². The Balaban J connectivity index is 1.66. The molecule has 0 spiro atoms. The van der Waals surface area contributed by atoms with Crippen molar-refractivity contribution in [3.63, 3.8) is 0 Å². The Hall–Kier alpha value is -3.93. The van der Waals surface area contributed by atoms with Gasteiger partial charge in [0.15, 0.2) is 0 Å². The molecule has 0 aliphatic rings. The number of nitrogens with zero attached hydrogens (tertiary/aromatic N) is 1. The van der Waals surface area contributed by atoms with Gasteiger partial charge in [-0.25, -0.2) is 4.39 Å². The predicted octanol–water partition coefficient (Wildman–Crippen LogP) is 5.74. The zero-order chi connectivity index (χ0) is 24.1. The molecule has 1 aromatic heterocycles. The van der Waals surface area contributed by atoms with E-state index in [4.69, 9.17) is 0 Å². The lowest BCUT2D eigenvalue weighted by molar-refractivity contribution is -0.116. The number of amides is 2. The number of aromatic nitrogens is 1. The number of benzene rings is 3. The average Bonchev–Trinajstić information content (AvgIpc) is 3.15. The van der Waals surface area contributed by atoms with E-state index in [1.54, 1.807) is 6.07 Å². The molecule has 0 bridgehead atoms. The molecule has 0 fully saturated rings. The summed E-state index contributed by atoms with van der Waals surface area (Å²) in [4.78, 5) is 25.4. The smallest absolute Gasteiger partial charge is 0.268 e. The lowest BCUT2D eigenvalue weighted by atomic mass is 10.1. The standard InChI is InChI=1S/C28H28FN3O2/c1-19(2)13-27(33)31-24-11-12-25-22(15-24)16-26(28(34)30-17-20-7-4-3-5-8-20)32(25)18-21-9-6-10-23(29)14-21/h3-12,14-16,19H,13,17-18H2,1-2H3,(H,30,34)(H,31,33). The Morgan fingerprint density at radius 1 is 0.912 bits per heavy atom. The highest BCUT2D eigenvalue weighted by Crippen LogP contribution is 2.25. The highest BCUT2D eigenvalue weighted by Gasteiger charge is 2.17. The maximum atomic E-state index is 13.8. The van der Waals surface area contributed by atoms with Crippen molar-refractivity contribution in [2.45, 2.75) is 33.4 Å². The molecule has 174 valence electrons. The minimum Gasteiger partial charge on any atom is -0.347 e. The summed E-state index contributed by atoms with van der Waals surface area (Å²) in [5, 5.41) is 6.73. The minimum atomic E-state index is -0.320. The van der Waals surface area contributed by atoms with Crippen LogP contribution in [-0.2, 0) is 17.9 Å². The Morgan fingerprint density at radius 3 is 2.41 bits per heavy atom. The first-order chi connectivity index (χ1) is 16.4. The molecule has 0 saturated heterocycles. The van der Waals surface area contributed by atoms with E-state index in [2.05, 4.69) is 10.6 Å². The molecule has 34 heavy (non-hydrogen) atoms. The van der Waals surface area contributed by atoms with Crippen molar-refractivity contribution in [1.29, 1.82) is 0 Å². The van der Waals surface area contributed by atoms with Gasteiger partial charge in [0.05, 0.1) is 0 Å². The maximum absolute atomic E-state index is 13.8. The third-order valence-corrected chi connectivity index (χ3v) is 5.54. The third kappa shape index (κ3) is 5.70. The van der Waals surface area contributed by atoms with E-state index < -0.39 is 0 Å². The van der Waals surface area contributed by atoms with Gasteiger partial charge >= 0.3 is 0 Å². The summed E-state index contributed by atoms with van der Waals surface area (Å²) < 4.78 is 15.7. The molecular weight excluding hydrogens is 429 g/mol. The number of carbonyl (C=O) groups is 2. The number of carbonyl (C=O) groups excluding carboxylic acids is 2. The van der Waals surface area contributed by atoms with Crippen LogP contribution in [0.15, 0.2) is 78.9 Å². The zero-order valence-corrected chi connectivity index (χ0v) is 19.3. The Morgan fingerprint density at radius 2 is 1.68 bits per heavy atom. The monoisotopic (exact) mass is 457 g/mol. The summed E-state index contributed by atoms with van der Waals surface area (Å²) in [6.45, 7) is 4.73. The number of halogens is 1. The second-order valence-corrected chi connectivity index (χ2v) is 8.83. The molecule has 3 aromatic carbocycles. The van der Waals surface area contributed by atoms with Crippen molar-refractivity contribution in [2.75, 3.05) is 5.32 Å². The lowest BCUT2D eigenvalue weighted by Gasteiger charge is -2.12. The third-order valence-electron chi connectivity index (χ3n) is 5.54. The molecule has 4 rings (SSSR count). The number of rotatable bonds is 8. The van der Waals surface area contributed by atoms with Crippen LogP contribution >= 0.6 is 0 Å². The molecule has 0 unspecified atom stereocenters. The number of nitrogens with one attached hydrogen (secondary N) is 2. The van der Waals surface area contributed by atoms with E-state index in [-0.39, 0.29) is 23.5 Å². The molecule has 0 saturated carbocycles. The Labute approximate surface area is 198 Å². The molecule has 0 atom stereocenters. The van der Waals surface area contributed by atoms with E-state index in [0.717, 1.165) is 22.0 Å². The molecule has 0 aliphatic heterocycles. The fourth-order valence-electron chi connectivity index (χ4n) is 3.98. The SMILES string of the molecule is CC(C)CC(=O)Nc1ccc2c(c1)cc(C(=O)NCc1ccccc1)n2Cc1cccc(F)c1.